The standard InChI is InChI=1S/C14H29N3O/c1-12-10-16(2)8-9-17(12)14(11-15)7-5-4-6-13(14)18-3/h12-13H,4-11,15H2,1-3H3. The number of nitrogens with zero attached hydrogens (tertiary/aromatic N) is 2. The normalized spacial score (nSPS) is 40.0. The maximum Gasteiger partial charge on any atom is 0.0767 e. The summed E-state index contributed by atoms with van der Waals surface area (Å²) in [7, 11) is 4.05. The molecule has 0 aromatic heterocycles. The summed E-state index contributed by atoms with van der Waals surface area (Å²) >= 11 is 0. The van der Waals surface area contributed by atoms with E-state index in [0.717, 1.165) is 32.6 Å². The van der Waals surface area contributed by atoms with Gasteiger partial charge in [-0.05, 0) is 26.8 Å². The summed E-state index contributed by atoms with van der Waals surface area (Å²) in [4.78, 5) is 5.05. The third kappa shape index (κ3) is 2.44. The van der Waals surface area contributed by atoms with Crippen molar-refractivity contribution in [2.75, 3.05) is 40.3 Å². The Morgan fingerprint density at radius 2 is 2.11 bits per heavy atom. The van der Waals surface area contributed by atoms with Gasteiger partial charge < -0.3 is 15.4 Å². The molecule has 4 nitrogen and oxygen atoms in total. The highest BCUT2D eigenvalue weighted by molar-refractivity contribution is 5.04. The average molecular weight is 255 g/mol. The van der Waals surface area contributed by atoms with Crippen LogP contribution in [0.15, 0.2) is 0 Å². The molecule has 1 heterocycles. The SMILES string of the molecule is COC1CCCCC1(CN)N1CCN(C)CC1C. The minimum atomic E-state index is 0.0771. The molecule has 2 N–H and O–H groups in total. The van der Waals surface area contributed by atoms with Gasteiger partial charge in [-0.1, -0.05) is 12.8 Å². The summed E-state index contributed by atoms with van der Waals surface area (Å²) in [5, 5.41) is 0. The largest absolute Gasteiger partial charge is 0.379 e. The van der Waals surface area contributed by atoms with Crippen LogP contribution in [-0.2, 0) is 4.74 Å². The van der Waals surface area contributed by atoms with E-state index in [1.807, 2.05) is 7.11 Å². The monoisotopic (exact) mass is 255 g/mol. The second-order valence-corrected chi connectivity index (χ2v) is 6.08. The van der Waals surface area contributed by atoms with Crippen molar-refractivity contribution in [3.05, 3.63) is 0 Å². The summed E-state index contributed by atoms with van der Waals surface area (Å²) in [6.45, 7) is 6.45. The molecule has 2 fully saturated rings. The lowest BCUT2D eigenvalue weighted by atomic mass is 9.76. The summed E-state index contributed by atoms with van der Waals surface area (Å²) in [6.07, 6.45) is 5.23. The van der Waals surface area contributed by atoms with Crippen LogP contribution in [0.25, 0.3) is 0 Å². The van der Waals surface area contributed by atoms with E-state index < -0.39 is 0 Å². The Bertz CT molecular complexity index is 274. The second kappa shape index (κ2) is 5.87. The van der Waals surface area contributed by atoms with Gasteiger partial charge in [-0.15, -0.1) is 0 Å². The third-order valence-corrected chi connectivity index (χ3v) is 4.97. The zero-order valence-electron chi connectivity index (χ0n) is 12.2. The number of nitrogens with two attached hydrogens (primary N) is 1. The van der Waals surface area contributed by atoms with E-state index in [-0.39, 0.29) is 5.54 Å². The minimum absolute atomic E-state index is 0.0771. The maximum absolute atomic E-state index is 6.20. The van der Waals surface area contributed by atoms with Gasteiger partial charge in [-0.2, -0.15) is 0 Å². The Labute approximate surface area is 111 Å². The molecule has 2 aliphatic rings. The first-order valence-electron chi connectivity index (χ1n) is 7.32. The van der Waals surface area contributed by atoms with Crippen molar-refractivity contribution in [2.24, 2.45) is 5.73 Å². The van der Waals surface area contributed by atoms with Gasteiger partial charge in [0, 0.05) is 39.3 Å². The van der Waals surface area contributed by atoms with Gasteiger partial charge >= 0.3 is 0 Å². The fourth-order valence-corrected chi connectivity index (χ4v) is 4.01. The number of hydrogen-bond acceptors (Lipinski definition) is 4. The number of hydrogen-bond donors (Lipinski definition) is 1. The topological polar surface area (TPSA) is 41.7 Å². The molecule has 2 rings (SSSR count). The molecule has 0 amide bonds. The minimum Gasteiger partial charge on any atom is -0.379 e. The quantitative estimate of drug-likeness (QED) is 0.814. The molecule has 3 atom stereocenters. The number of rotatable bonds is 3. The molecule has 1 aliphatic carbocycles. The van der Waals surface area contributed by atoms with Gasteiger partial charge in [0.05, 0.1) is 11.6 Å². The highest BCUT2D eigenvalue weighted by Gasteiger charge is 2.47. The number of piperazine rings is 1. The average Bonchev–Trinajstić information content (AvgIpc) is 2.38. The van der Waals surface area contributed by atoms with Crippen molar-refractivity contribution in [1.29, 1.82) is 0 Å². The van der Waals surface area contributed by atoms with Crippen LogP contribution in [0.4, 0.5) is 0 Å². The van der Waals surface area contributed by atoms with Crippen LogP contribution in [-0.4, -0.2) is 67.8 Å². The molecule has 0 spiro atoms. The van der Waals surface area contributed by atoms with Gasteiger partial charge in [0.15, 0.2) is 0 Å². The Hall–Kier alpha value is -0.160. The van der Waals surface area contributed by atoms with E-state index in [1.54, 1.807) is 0 Å². The van der Waals surface area contributed by atoms with Gasteiger partial charge in [0.2, 0.25) is 0 Å². The molecule has 1 saturated heterocycles. The smallest absolute Gasteiger partial charge is 0.0767 e. The molecular formula is C14H29N3O. The first-order chi connectivity index (χ1) is 8.64. The van der Waals surface area contributed by atoms with Crippen LogP contribution in [0, 0.1) is 0 Å². The van der Waals surface area contributed by atoms with E-state index >= 15 is 0 Å². The summed E-state index contributed by atoms with van der Waals surface area (Å²) in [5.74, 6) is 0. The highest BCUT2D eigenvalue weighted by atomic mass is 16.5. The fraction of sp³-hybridized carbons (Fsp3) is 1.00. The van der Waals surface area contributed by atoms with Crippen molar-refractivity contribution in [2.45, 2.75) is 50.3 Å². The Morgan fingerprint density at radius 3 is 2.72 bits per heavy atom. The summed E-state index contributed by atoms with van der Waals surface area (Å²) in [6, 6.07) is 0.572. The van der Waals surface area contributed by atoms with Crippen LogP contribution in [0.5, 0.6) is 0 Å². The van der Waals surface area contributed by atoms with E-state index in [0.29, 0.717) is 12.1 Å². The molecule has 4 heteroatoms. The van der Waals surface area contributed by atoms with Gasteiger partial charge in [0.25, 0.3) is 0 Å². The lowest BCUT2D eigenvalue weighted by Gasteiger charge is -2.55. The van der Waals surface area contributed by atoms with Gasteiger partial charge in [-0.25, -0.2) is 0 Å². The van der Waals surface area contributed by atoms with E-state index in [4.69, 9.17) is 10.5 Å². The molecule has 18 heavy (non-hydrogen) atoms. The van der Waals surface area contributed by atoms with Crippen molar-refractivity contribution < 1.29 is 4.74 Å². The van der Waals surface area contributed by atoms with Gasteiger partial charge in [0.1, 0.15) is 0 Å². The van der Waals surface area contributed by atoms with Crippen LogP contribution < -0.4 is 5.73 Å². The fourth-order valence-electron chi connectivity index (χ4n) is 4.01. The molecule has 0 radical (unpaired) electrons. The van der Waals surface area contributed by atoms with Crippen molar-refractivity contribution in [1.82, 2.24) is 9.80 Å². The summed E-state index contributed by atoms with van der Waals surface area (Å²) < 4.78 is 5.79. The number of likely N-dealkylation sites (N-methyl/N-ethyl adjacent to an activating group) is 1. The first-order valence-corrected chi connectivity index (χ1v) is 7.32. The molecule has 0 bridgehead atoms. The van der Waals surface area contributed by atoms with E-state index in [1.165, 1.54) is 19.3 Å². The molecule has 106 valence electrons. The molecule has 0 aromatic rings. The highest BCUT2D eigenvalue weighted by Crippen LogP contribution is 2.37. The molecule has 1 aliphatic heterocycles. The summed E-state index contributed by atoms with van der Waals surface area (Å²) in [5.41, 5.74) is 6.27. The van der Waals surface area contributed by atoms with Crippen LogP contribution >= 0.6 is 0 Å². The molecular weight excluding hydrogens is 226 g/mol. The van der Waals surface area contributed by atoms with Crippen molar-refractivity contribution >= 4 is 0 Å². The lowest BCUT2D eigenvalue weighted by molar-refractivity contribution is -0.104. The number of ether oxygens (including phenoxy) is 1. The Morgan fingerprint density at radius 1 is 1.33 bits per heavy atom. The van der Waals surface area contributed by atoms with Crippen LogP contribution in [0.1, 0.15) is 32.6 Å². The molecule has 0 aromatic carbocycles. The third-order valence-electron chi connectivity index (χ3n) is 4.97. The number of methoxy groups -OCH3 is 1. The van der Waals surface area contributed by atoms with Crippen LogP contribution in [0.2, 0.25) is 0 Å². The Balaban J connectivity index is 2.19. The maximum atomic E-state index is 6.20. The van der Waals surface area contributed by atoms with Crippen molar-refractivity contribution in [3.63, 3.8) is 0 Å². The Kier molecular flexibility index (Phi) is 4.64. The van der Waals surface area contributed by atoms with Crippen molar-refractivity contribution in [3.8, 4) is 0 Å². The first kappa shape index (κ1) is 14.3. The molecule has 3 unspecified atom stereocenters. The molecule has 1 saturated carbocycles. The zero-order valence-corrected chi connectivity index (χ0v) is 12.2. The van der Waals surface area contributed by atoms with E-state index in [9.17, 15) is 0 Å². The van der Waals surface area contributed by atoms with E-state index in [2.05, 4.69) is 23.8 Å². The zero-order chi connectivity index (χ0) is 13.2. The predicted molar refractivity (Wildman–Crippen MR) is 74.7 cm³/mol. The predicted octanol–water partition coefficient (Wildman–Crippen LogP) is 0.909. The van der Waals surface area contributed by atoms with Crippen LogP contribution in [0.3, 0.4) is 0 Å². The van der Waals surface area contributed by atoms with Gasteiger partial charge in [-0.3, -0.25) is 4.90 Å². The lowest BCUT2D eigenvalue weighted by Crippen LogP contribution is -2.69. The second-order valence-electron chi connectivity index (χ2n) is 6.08.